The molecule has 0 spiro atoms. The number of hydrogen-bond donors (Lipinski definition) is 2. The number of carbonyl (C=O) groups excluding carboxylic acids is 1. The molecule has 1 atom stereocenters. The Hall–Kier alpha value is -1.79. The second-order valence-electron chi connectivity index (χ2n) is 4.96. The number of thiazole rings is 1. The molecule has 0 fully saturated rings. The van der Waals surface area contributed by atoms with E-state index in [1.165, 1.54) is 23.5 Å². The summed E-state index contributed by atoms with van der Waals surface area (Å²) in [7, 11) is 0. The number of benzene rings is 1. The Balaban J connectivity index is 2.08. The molecule has 6 heteroatoms. The van der Waals surface area contributed by atoms with Gasteiger partial charge in [0.1, 0.15) is 5.82 Å². The molecule has 0 saturated carbocycles. The van der Waals surface area contributed by atoms with Gasteiger partial charge in [0.15, 0.2) is 5.13 Å². The predicted octanol–water partition coefficient (Wildman–Crippen LogP) is 2.71. The average Bonchev–Trinajstić information content (AvgIpc) is 2.80. The van der Waals surface area contributed by atoms with Gasteiger partial charge in [-0.1, -0.05) is 19.1 Å². The number of carbonyl (C=O) groups is 1. The highest BCUT2D eigenvalue weighted by molar-refractivity contribution is 7.15. The van der Waals surface area contributed by atoms with Crippen molar-refractivity contribution in [2.24, 2.45) is 11.7 Å². The van der Waals surface area contributed by atoms with Crippen molar-refractivity contribution >= 4 is 22.4 Å². The van der Waals surface area contributed by atoms with Crippen LogP contribution in [0.15, 0.2) is 24.3 Å². The van der Waals surface area contributed by atoms with E-state index in [1.54, 1.807) is 19.1 Å². The number of halogens is 1. The summed E-state index contributed by atoms with van der Waals surface area (Å²) in [5, 5.41) is 3.36. The first-order valence-corrected chi connectivity index (χ1v) is 7.53. The fraction of sp³-hybridized carbons (Fsp3) is 0.333. The highest BCUT2D eigenvalue weighted by Gasteiger charge is 2.14. The fourth-order valence-electron chi connectivity index (χ4n) is 1.77. The van der Waals surface area contributed by atoms with Gasteiger partial charge in [-0.15, -0.1) is 11.3 Å². The van der Waals surface area contributed by atoms with Gasteiger partial charge >= 0.3 is 0 Å². The summed E-state index contributed by atoms with van der Waals surface area (Å²) in [6, 6.07) is 6.39. The van der Waals surface area contributed by atoms with Crippen LogP contribution in [0.1, 0.15) is 23.1 Å². The first kappa shape index (κ1) is 15.6. The number of amides is 1. The van der Waals surface area contributed by atoms with Crippen molar-refractivity contribution in [3.63, 3.8) is 0 Å². The maximum absolute atomic E-state index is 12.9. The molecule has 21 heavy (non-hydrogen) atoms. The molecule has 0 aliphatic carbocycles. The van der Waals surface area contributed by atoms with Gasteiger partial charge in [-0.25, -0.2) is 9.37 Å². The summed E-state index contributed by atoms with van der Waals surface area (Å²) >= 11 is 1.44. The minimum absolute atomic E-state index is 0.125. The van der Waals surface area contributed by atoms with Crippen LogP contribution in [0.2, 0.25) is 0 Å². The molecule has 0 aliphatic rings. The molecule has 2 rings (SSSR count). The Morgan fingerprint density at radius 1 is 1.43 bits per heavy atom. The van der Waals surface area contributed by atoms with Gasteiger partial charge in [0, 0.05) is 23.8 Å². The Kier molecular flexibility index (Phi) is 5.03. The van der Waals surface area contributed by atoms with Crippen LogP contribution in [0.25, 0.3) is 0 Å². The van der Waals surface area contributed by atoms with Crippen LogP contribution in [0.4, 0.5) is 9.52 Å². The lowest BCUT2D eigenvalue weighted by atomic mass is 10.1. The molecule has 0 saturated heterocycles. The molecule has 1 unspecified atom stereocenters. The molecule has 1 aromatic carbocycles. The zero-order valence-electron chi connectivity index (χ0n) is 12.0. The number of nitrogens with one attached hydrogen (secondary N) is 1. The highest BCUT2D eigenvalue weighted by Crippen LogP contribution is 2.25. The maximum Gasteiger partial charge on any atom is 0.230 e. The number of aromatic nitrogens is 1. The molecule has 0 radical (unpaired) electrons. The van der Waals surface area contributed by atoms with Gasteiger partial charge < -0.3 is 11.1 Å². The van der Waals surface area contributed by atoms with Gasteiger partial charge in [0.05, 0.1) is 5.69 Å². The lowest BCUT2D eigenvalue weighted by Gasteiger charge is -2.06. The van der Waals surface area contributed by atoms with Crippen molar-refractivity contribution < 1.29 is 9.18 Å². The summed E-state index contributed by atoms with van der Waals surface area (Å²) in [6.45, 7) is 3.98. The number of anilines is 1. The summed E-state index contributed by atoms with van der Waals surface area (Å²) in [4.78, 5) is 17.2. The van der Waals surface area contributed by atoms with Crippen LogP contribution in [-0.2, 0) is 11.2 Å². The van der Waals surface area contributed by atoms with Crippen molar-refractivity contribution in [1.29, 1.82) is 0 Å². The van der Waals surface area contributed by atoms with Crippen LogP contribution in [-0.4, -0.2) is 17.4 Å². The molecule has 0 bridgehead atoms. The molecule has 1 aromatic heterocycles. The molecule has 1 heterocycles. The quantitative estimate of drug-likeness (QED) is 0.892. The molecule has 0 aliphatic heterocycles. The summed E-state index contributed by atoms with van der Waals surface area (Å²) in [6.07, 6.45) is 0.673. The van der Waals surface area contributed by atoms with Crippen LogP contribution in [0.5, 0.6) is 0 Å². The highest BCUT2D eigenvalue weighted by atomic mass is 32.1. The number of nitrogens with zero attached hydrogens (tertiary/aromatic N) is 1. The van der Waals surface area contributed by atoms with Crippen molar-refractivity contribution in [2.75, 3.05) is 11.9 Å². The van der Waals surface area contributed by atoms with E-state index in [0.717, 1.165) is 16.1 Å². The van der Waals surface area contributed by atoms with E-state index < -0.39 is 0 Å². The SMILES string of the molecule is Cc1nc(NC(=O)C(C)CN)sc1Cc1ccc(F)cc1. The molecular formula is C15H18FN3OS. The van der Waals surface area contributed by atoms with E-state index in [0.29, 0.717) is 18.1 Å². The lowest BCUT2D eigenvalue weighted by molar-refractivity contribution is -0.119. The van der Waals surface area contributed by atoms with Crippen LogP contribution >= 0.6 is 11.3 Å². The number of hydrogen-bond acceptors (Lipinski definition) is 4. The molecule has 1 amide bonds. The standard InChI is InChI=1S/C15H18FN3OS/c1-9(8-17)14(20)19-15-18-10(2)13(21-15)7-11-3-5-12(16)6-4-11/h3-6,9H,7-8,17H2,1-2H3,(H,18,19,20). The van der Waals surface area contributed by atoms with E-state index in [-0.39, 0.29) is 17.6 Å². The van der Waals surface area contributed by atoms with Crippen LogP contribution < -0.4 is 11.1 Å². The lowest BCUT2D eigenvalue weighted by Crippen LogP contribution is -2.26. The van der Waals surface area contributed by atoms with Crippen LogP contribution in [0.3, 0.4) is 0 Å². The Labute approximate surface area is 127 Å². The average molecular weight is 307 g/mol. The summed E-state index contributed by atoms with van der Waals surface area (Å²) in [5.74, 6) is -0.613. The minimum Gasteiger partial charge on any atom is -0.330 e. The molecule has 112 valence electrons. The molecular weight excluding hydrogens is 289 g/mol. The van der Waals surface area contributed by atoms with Crippen molar-refractivity contribution in [1.82, 2.24) is 4.98 Å². The monoisotopic (exact) mass is 307 g/mol. The van der Waals surface area contributed by atoms with Crippen molar-refractivity contribution in [3.05, 3.63) is 46.2 Å². The zero-order chi connectivity index (χ0) is 15.4. The second kappa shape index (κ2) is 6.78. The second-order valence-corrected chi connectivity index (χ2v) is 6.04. The third-order valence-electron chi connectivity index (χ3n) is 3.20. The minimum atomic E-state index is -0.247. The summed E-state index contributed by atoms with van der Waals surface area (Å²) in [5.41, 5.74) is 7.35. The van der Waals surface area contributed by atoms with Crippen molar-refractivity contribution in [2.45, 2.75) is 20.3 Å². The Morgan fingerprint density at radius 2 is 2.10 bits per heavy atom. The van der Waals surface area contributed by atoms with E-state index in [4.69, 9.17) is 5.73 Å². The molecule has 4 nitrogen and oxygen atoms in total. The van der Waals surface area contributed by atoms with E-state index in [9.17, 15) is 9.18 Å². The van der Waals surface area contributed by atoms with Gasteiger partial charge in [0.25, 0.3) is 0 Å². The normalized spacial score (nSPS) is 12.2. The fourth-order valence-corrected chi connectivity index (χ4v) is 2.77. The largest absolute Gasteiger partial charge is 0.330 e. The van der Waals surface area contributed by atoms with Gasteiger partial charge in [0.2, 0.25) is 5.91 Å². The predicted molar refractivity (Wildman–Crippen MR) is 82.9 cm³/mol. The Morgan fingerprint density at radius 3 is 2.71 bits per heavy atom. The zero-order valence-corrected chi connectivity index (χ0v) is 12.8. The van der Waals surface area contributed by atoms with Crippen molar-refractivity contribution in [3.8, 4) is 0 Å². The maximum atomic E-state index is 12.9. The molecule has 2 aromatic rings. The molecule has 3 N–H and O–H groups in total. The third kappa shape index (κ3) is 4.09. The third-order valence-corrected chi connectivity index (χ3v) is 4.27. The van der Waals surface area contributed by atoms with E-state index in [2.05, 4.69) is 10.3 Å². The number of nitrogens with two attached hydrogens (primary N) is 1. The number of rotatable bonds is 5. The first-order chi connectivity index (χ1) is 9.99. The summed E-state index contributed by atoms with van der Waals surface area (Å²) < 4.78 is 12.9. The van der Waals surface area contributed by atoms with Gasteiger partial charge in [-0.2, -0.15) is 0 Å². The smallest absolute Gasteiger partial charge is 0.230 e. The number of aryl methyl sites for hydroxylation is 1. The van der Waals surface area contributed by atoms with Crippen LogP contribution in [0, 0.1) is 18.7 Å². The van der Waals surface area contributed by atoms with Gasteiger partial charge in [-0.3, -0.25) is 4.79 Å². The van der Waals surface area contributed by atoms with Gasteiger partial charge in [-0.05, 0) is 24.6 Å². The Bertz CT molecular complexity index is 624. The topological polar surface area (TPSA) is 68.0 Å². The van der Waals surface area contributed by atoms with E-state index in [1.807, 2.05) is 6.92 Å². The van der Waals surface area contributed by atoms with E-state index >= 15 is 0 Å². The first-order valence-electron chi connectivity index (χ1n) is 6.71.